The van der Waals surface area contributed by atoms with E-state index in [9.17, 15) is 0 Å². The molecule has 7 heteroatoms. The van der Waals surface area contributed by atoms with Crippen molar-refractivity contribution < 1.29 is 0 Å². The van der Waals surface area contributed by atoms with Gasteiger partial charge in [-0.25, -0.2) is 0 Å². The van der Waals surface area contributed by atoms with Crippen LogP contribution in [0.4, 0.5) is 0 Å². The molecule has 0 rings (SSSR count). The van der Waals surface area contributed by atoms with Crippen LogP contribution in [0.2, 0.25) is 0 Å². The molecular formula is C2H10ClN4PS. The highest BCUT2D eigenvalue weighted by molar-refractivity contribution is 8.24. The highest BCUT2D eigenvalue weighted by atomic mass is 35.7. The summed E-state index contributed by atoms with van der Waals surface area (Å²) in [7, 11) is 3.19. The van der Waals surface area contributed by atoms with E-state index in [4.69, 9.17) is 34.7 Å². The minimum atomic E-state index is -2.31. The number of hydrogen-bond donors (Lipinski definition) is 2. The summed E-state index contributed by atoms with van der Waals surface area (Å²) in [6.45, 7) is 0. The van der Waals surface area contributed by atoms with Crippen LogP contribution >= 0.6 is 16.9 Å². The Labute approximate surface area is 64.6 Å². The Morgan fingerprint density at radius 1 is 1.33 bits per heavy atom. The van der Waals surface area contributed by atoms with E-state index in [1.807, 2.05) is 0 Å². The van der Waals surface area contributed by atoms with Gasteiger partial charge < -0.3 is 0 Å². The molecule has 0 radical (unpaired) electrons. The van der Waals surface area contributed by atoms with E-state index in [1.54, 1.807) is 14.1 Å². The van der Waals surface area contributed by atoms with E-state index in [0.29, 0.717) is 0 Å². The summed E-state index contributed by atoms with van der Waals surface area (Å²) in [6, 6.07) is 0. The monoisotopic (exact) mass is 188 g/mol. The zero-order chi connectivity index (χ0) is 7.65. The highest BCUT2D eigenvalue weighted by Gasteiger charge is 2.19. The zero-order valence-electron chi connectivity index (χ0n) is 5.28. The van der Waals surface area contributed by atoms with Gasteiger partial charge in [0.15, 0.2) is 5.69 Å². The Hall–Kier alpha value is 0.780. The molecule has 0 aliphatic heterocycles. The molecule has 0 aromatic carbocycles. The first-order chi connectivity index (χ1) is 3.89. The highest BCUT2D eigenvalue weighted by Crippen LogP contribution is 2.52. The Kier molecular flexibility index (Phi) is 3.54. The molecule has 0 aliphatic rings. The predicted octanol–water partition coefficient (Wildman–Crippen LogP) is 0.0607. The lowest BCUT2D eigenvalue weighted by Gasteiger charge is -2.26. The van der Waals surface area contributed by atoms with Crippen LogP contribution in [-0.4, -0.2) is 23.7 Å². The summed E-state index contributed by atoms with van der Waals surface area (Å²) in [4.78, 5) is 0. The van der Waals surface area contributed by atoms with E-state index >= 15 is 0 Å². The number of rotatable bonds is 2. The molecule has 0 unspecified atom stereocenters. The zero-order valence-corrected chi connectivity index (χ0v) is 7.75. The van der Waals surface area contributed by atoms with Crippen molar-refractivity contribution in [2.45, 2.75) is 0 Å². The van der Waals surface area contributed by atoms with Crippen molar-refractivity contribution in [1.29, 1.82) is 0 Å². The Morgan fingerprint density at radius 3 is 1.56 bits per heavy atom. The van der Waals surface area contributed by atoms with Crippen molar-refractivity contribution in [3.63, 3.8) is 0 Å². The number of nitrogens with zero attached hydrogens (tertiary/aromatic N) is 2. The Morgan fingerprint density at radius 2 is 1.56 bits per heavy atom. The molecule has 0 fully saturated rings. The van der Waals surface area contributed by atoms with Crippen LogP contribution in [-0.2, 0) is 11.8 Å². The van der Waals surface area contributed by atoms with Crippen molar-refractivity contribution >= 4 is 28.7 Å². The summed E-state index contributed by atoms with van der Waals surface area (Å²) in [5.41, 5.74) is -2.31. The standard InChI is InChI=1S/C2H10ClN4PS/c1-6(4)8(3,9)7(2)5/h4-5H2,1-2H3. The number of hydrazine groups is 2. The normalized spacial score (nSPS) is 13.2. The van der Waals surface area contributed by atoms with Gasteiger partial charge in [-0.15, -0.1) is 0 Å². The summed E-state index contributed by atoms with van der Waals surface area (Å²) < 4.78 is 2.51. The topological polar surface area (TPSA) is 58.5 Å². The molecule has 0 amide bonds. The first kappa shape index (κ1) is 9.78. The third kappa shape index (κ3) is 2.47. The molecule has 0 aromatic heterocycles. The van der Waals surface area contributed by atoms with Crippen LogP contribution in [0.15, 0.2) is 0 Å². The first-order valence-electron chi connectivity index (χ1n) is 2.16. The third-order valence-electron chi connectivity index (χ3n) is 0.778. The Bertz CT molecular complexity index is 125. The molecule has 0 aliphatic carbocycles. The van der Waals surface area contributed by atoms with E-state index in [1.165, 1.54) is 9.56 Å². The fourth-order valence-corrected chi connectivity index (χ4v) is 0.668. The van der Waals surface area contributed by atoms with Crippen LogP contribution in [0.25, 0.3) is 0 Å². The van der Waals surface area contributed by atoms with Gasteiger partial charge in [0.05, 0.1) is 0 Å². The van der Waals surface area contributed by atoms with Gasteiger partial charge in [0, 0.05) is 14.1 Å². The average Bonchev–Trinajstić information content (AvgIpc) is 1.65. The first-order valence-corrected chi connectivity index (χ1v) is 5.78. The number of halogens is 1. The van der Waals surface area contributed by atoms with E-state index < -0.39 is 5.69 Å². The van der Waals surface area contributed by atoms with Crippen molar-refractivity contribution in [3.8, 4) is 0 Å². The summed E-state index contributed by atoms with van der Waals surface area (Å²) in [6.07, 6.45) is 0. The van der Waals surface area contributed by atoms with Crippen LogP contribution in [0.5, 0.6) is 0 Å². The minimum Gasteiger partial charge on any atom is -0.263 e. The molecule has 0 atom stereocenters. The molecule has 4 N–H and O–H groups in total. The lowest BCUT2D eigenvalue weighted by atomic mass is 11.5. The third-order valence-corrected chi connectivity index (χ3v) is 5.31. The van der Waals surface area contributed by atoms with Crippen LogP contribution in [0, 0.1) is 0 Å². The molecule has 0 saturated heterocycles. The van der Waals surface area contributed by atoms with Crippen molar-refractivity contribution in [2.24, 2.45) is 11.7 Å². The maximum absolute atomic E-state index is 5.73. The fourth-order valence-electron chi connectivity index (χ4n) is 0.223. The quantitative estimate of drug-likeness (QED) is 0.365. The van der Waals surface area contributed by atoms with Crippen molar-refractivity contribution in [1.82, 2.24) is 9.56 Å². The lowest BCUT2D eigenvalue weighted by molar-refractivity contribution is 0.503. The molecule has 56 valence electrons. The van der Waals surface area contributed by atoms with Crippen molar-refractivity contribution in [3.05, 3.63) is 0 Å². The second-order valence-electron chi connectivity index (χ2n) is 1.62. The Balaban J connectivity index is 4.21. The average molecular weight is 189 g/mol. The molecule has 0 saturated carbocycles. The number of nitrogens with two attached hydrogens (primary N) is 2. The number of hydrogen-bond acceptors (Lipinski definition) is 3. The largest absolute Gasteiger partial charge is 0.263 e. The van der Waals surface area contributed by atoms with Gasteiger partial charge in [0.2, 0.25) is 0 Å². The molecule has 9 heavy (non-hydrogen) atoms. The van der Waals surface area contributed by atoms with Crippen LogP contribution < -0.4 is 11.7 Å². The van der Waals surface area contributed by atoms with Crippen LogP contribution in [0.1, 0.15) is 0 Å². The van der Waals surface area contributed by atoms with Gasteiger partial charge in [0.25, 0.3) is 0 Å². The molecule has 0 heterocycles. The van der Waals surface area contributed by atoms with Gasteiger partial charge in [-0.05, 0) is 23.0 Å². The van der Waals surface area contributed by atoms with Crippen molar-refractivity contribution in [2.75, 3.05) is 14.1 Å². The predicted molar refractivity (Wildman–Crippen MR) is 44.0 cm³/mol. The van der Waals surface area contributed by atoms with Gasteiger partial charge in [-0.2, -0.15) is 9.56 Å². The maximum Gasteiger partial charge on any atom is 0.190 e. The fraction of sp³-hybridized carbons (Fsp3) is 1.00. The second-order valence-corrected chi connectivity index (χ2v) is 7.37. The van der Waals surface area contributed by atoms with Crippen LogP contribution in [0.3, 0.4) is 0 Å². The van der Waals surface area contributed by atoms with Gasteiger partial charge in [-0.1, -0.05) is 0 Å². The van der Waals surface area contributed by atoms with E-state index in [2.05, 4.69) is 0 Å². The molecule has 0 aromatic rings. The van der Waals surface area contributed by atoms with E-state index in [0.717, 1.165) is 0 Å². The molecule has 0 spiro atoms. The maximum atomic E-state index is 5.73. The summed E-state index contributed by atoms with van der Waals surface area (Å²) >= 11 is 10.6. The van der Waals surface area contributed by atoms with Gasteiger partial charge in [0.1, 0.15) is 0 Å². The van der Waals surface area contributed by atoms with Gasteiger partial charge >= 0.3 is 0 Å². The minimum absolute atomic E-state index is 1.25. The van der Waals surface area contributed by atoms with Gasteiger partial charge in [-0.3, -0.25) is 11.7 Å². The van der Waals surface area contributed by atoms with E-state index in [-0.39, 0.29) is 0 Å². The summed E-state index contributed by atoms with van der Waals surface area (Å²) in [5, 5.41) is 0. The second kappa shape index (κ2) is 3.25. The lowest BCUT2D eigenvalue weighted by Crippen LogP contribution is -2.32. The SMILES string of the molecule is CN(N)P(=S)(Cl)N(C)N. The summed E-state index contributed by atoms with van der Waals surface area (Å²) in [5.74, 6) is 10.6. The molecule has 0 bridgehead atoms. The smallest absolute Gasteiger partial charge is 0.190 e. The molecular weight excluding hydrogens is 179 g/mol. The molecule has 4 nitrogen and oxygen atoms in total.